The van der Waals surface area contributed by atoms with Crippen molar-refractivity contribution in [1.82, 2.24) is 0 Å². The summed E-state index contributed by atoms with van der Waals surface area (Å²) in [5, 5.41) is 9.16. The van der Waals surface area contributed by atoms with Gasteiger partial charge in [0.25, 0.3) is 0 Å². The smallest absolute Gasteiger partial charge is 0.333 e. The molecule has 2 unspecified atom stereocenters. The van der Waals surface area contributed by atoms with Crippen molar-refractivity contribution in [2.24, 2.45) is 0 Å². The Morgan fingerprint density at radius 3 is 2.00 bits per heavy atom. The molecule has 1 aromatic carbocycles. The van der Waals surface area contributed by atoms with Gasteiger partial charge in [0.15, 0.2) is 0 Å². The first-order valence-electron chi connectivity index (χ1n) is 6.45. The Morgan fingerprint density at radius 2 is 1.53 bits per heavy atom. The van der Waals surface area contributed by atoms with Crippen molar-refractivity contribution in [1.29, 1.82) is 0 Å². The molecule has 2 rings (SSSR count). The van der Waals surface area contributed by atoms with Crippen LogP contribution < -0.4 is 0 Å². The van der Waals surface area contributed by atoms with Crippen LogP contribution in [0.25, 0.3) is 0 Å². The molecular formula is C16H20O3. The van der Waals surface area contributed by atoms with E-state index >= 15 is 0 Å². The lowest BCUT2D eigenvalue weighted by molar-refractivity contribution is -0.134. The lowest BCUT2D eigenvalue weighted by Gasteiger charge is -2.18. The summed E-state index contributed by atoms with van der Waals surface area (Å²) < 4.78 is 5.85. The molecule has 1 aliphatic heterocycles. The van der Waals surface area contributed by atoms with Gasteiger partial charge >= 0.3 is 5.97 Å². The highest BCUT2D eigenvalue weighted by molar-refractivity contribution is 5.88. The highest BCUT2D eigenvalue weighted by atomic mass is 16.5. The molecule has 19 heavy (non-hydrogen) atoms. The third-order valence-corrected chi connectivity index (χ3v) is 4.39. The average molecular weight is 260 g/mol. The third-order valence-electron chi connectivity index (χ3n) is 4.39. The molecule has 0 saturated heterocycles. The first-order valence-corrected chi connectivity index (χ1v) is 6.45. The van der Waals surface area contributed by atoms with Crippen LogP contribution in [0.4, 0.5) is 0 Å². The van der Waals surface area contributed by atoms with Gasteiger partial charge in [-0.25, -0.2) is 4.79 Å². The topological polar surface area (TPSA) is 46.5 Å². The molecule has 102 valence electrons. The van der Waals surface area contributed by atoms with Crippen molar-refractivity contribution < 1.29 is 14.6 Å². The maximum absolute atomic E-state index is 11.2. The molecule has 1 heterocycles. The van der Waals surface area contributed by atoms with Crippen LogP contribution in [0.15, 0.2) is 12.2 Å². The van der Waals surface area contributed by atoms with Crippen molar-refractivity contribution >= 4 is 5.97 Å². The number of aliphatic carboxylic acids is 1. The fraction of sp³-hybridized carbons (Fsp3) is 0.438. The van der Waals surface area contributed by atoms with E-state index in [9.17, 15) is 4.79 Å². The second kappa shape index (κ2) is 4.49. The van der Waals surface area contributed by atoms with Gasteiger partial charge in [0, 0.05) is 0 Å². The number of carboxylic acids is 1. The fourth-order valence-electron chi connectivity index (χ4n) is 2.94. The maximum atomic E-state index is 11.2. The molecular weight excluding hydrogens is 240 g/mol. The van der Waals surface area contributed by atoms with E-state index in [-0.39, 0.29) is 11.7 Å². The lowest BCUT2D eigenvalue weighted by Crippen LogP contribution is -2.11. The summed E-state index contributed by atoms with van der Waals surface area (Å²) in [5.41, 5.74) is 7.02. The zero-order chi connectivity index (χ0) is 14.5. The Hall–Kier alpha value is -1.61. The molecule has 1 aliphatic rings. The first kappa shape index (κ1) is 13.8. The minimum Gasteiger partial charge on any atom is -0.478 e. The average Bonchev–Trinajstić information content (AvgIpc) is 2.70. The van der Waals surface area contributed by atoms with Crippen molar-refractivity contribution in [2.45, 2.75) is 46.8 Å². The van der Waals surface area contributed by atoms with Crippen LogP contribution >= 0.6 is 0 Å². The number of carbonyl (C=O) groups is 1. The van der Waals surface area contributed by atoms with E-state index < -0.39 is 12.1 Å². The van der Waals surface area contributed by atoms with E-state index in [4.69, 9.17) is 9.84 Å². The van der Waals surface area contributed by atoms with Crippen LogP contribution in [-0.2, 0) is 9.53 Å². The summed E-state index contributed by atoms with van der Waals surface area (Å²) in [5.74, 6) is -1.000. The Morgan fingerprint density at radius 1 is 1.05 bits per heavy atom. The monoisotopic (exact) mass is 260 g/mol. The molecule has 0 aromatic heterocycles. The first-order chi connectivity index (χ1) is 8.77. The lowest BCUT2D eigenvalue weighted by atomic mass is 9.85. The van der Waals surface area contributed by atoms with E-state index in [1.54, 1.807) is 0 Å². The Labute approximate surface area is 113 Å². The number of hydrogen-bond donors (Lipinski definition) is 1. The van der Waals surface area contributed by atoms with Crippen LogP contribution in [0.1, 0.15) is 52.5 Å². The highest BCUT2D eigenvalue weighted by Crippen LogP contribution is 2.47. The summed E-state index contributed by atoms with van der Waals surface area (Å²) in [6, 6.07) is 0. The van der Waals surface area contributed by atoms with Gasteiger partial charge in [-0.05, 0) is 68.0 Å². The predicted octanol–water partition coefficient (Wildman–Crippen LogP) is 3.69. The highest BCUT2D eigenvalue weighted by Gasteiger charge is 2.36. The minimum atomic E-state index is -1.000. The van der Waals surface area contributed by atoms with Crippen LogP contribution in [0.5, 0.6) is 0 Å². The Bertz CT molecular complexity index is 584. The summed E-state index contributed by atoms with van der Waals surface area (Å²) >= 11 is 0. The molecule has 0 fully saturated rings. The summed E-state index contributed by atoms with van der Waals surface area (Å²) in [6.45, 7) is 13.9. The van der Waals surface area contributed by atoms with Gasteiger partial charge in [-0.3, -0.25) is 0 Å². The van der Waals surface area contributed by atoms with E-state index in [0.29, 0.717) is 0 Å². The Kier molecular flexibility index (Phi) is 3.27. The van der Waals surface area contributed by atoms with E-state index in [1.807, 2.05) is 13.8 Å². The molecule has 1 N–H and O–H groups in total. The quantitative estimate of drug-likeness (QED) is 0.825. The summed E-state index contributed by atoms with van der Waals surface area (Å²) in [4.78, 5) is 11.2. The molecule has 0 aliphatic carbocycles. The predicted molar refractivity (Wildman–Crippen MR) is 74.4 cm³/mol. The minimum absolute atomic E-state index is 0.0888. The molecule has 0 spiro atoms. The molecule has 0 saturated carbocycles. The second-order valence-corrected chi connectivity index (χ2v) is 5.32. The molecule has 0 bridgehead atoms. The van der Waals surface area contributed by atoms with Crippen molar-refractivity contribution in [3.63, 3.8) is 0 Å². The molecule has 3 heteroatoms. The van der Waals surface area contributed by atoms with Crippen LogP contribution in [0.3, 0.4) is 0 Å². The van der Waals surface area contributed by atoms with Gasteiger partial charge in [0.05, 0.1) is 11.7 Å². The number of hydrogen-bond acceptors (Lipinski definition) is 2. The van der Waals surface area contributed by atoms with Crippen LogP contribution in [0, 0.1) is 27.7 Å². The molecule has 1 aromatic rings. The van der Waals surface area contributed by atoms with Gasteiger partial charge in [-0.15, -0.1) is 0 Å². The van der Waals surface area contributed by atoms with Crippen molar-refractivity contribution in [2.75, 3.05) is 0 Å². The molecule has 3 nitrogen and oxygen atoms in total. The zero-order valence-corrected chi connectivity index (χ0v) is 12.1. The van der Waals surface area contributed by atoms with Gasteiger partial charge in [-0.1, -0.05) is 6.58 Å². The third kappa shape index (κ3) is 1.89. The van der Waals surface area contributed by atoms with E-state index in [1.165, 1.54) is 16.7 Å². The fourth-order valence-corrected chi connectivity index (χ4v) is 2.94. The summed E-state index contributed by atoms with van der Waals surface area (Å²) in [6.07, 6.45) is -0.616. The standard InChI is InChI=1S/C16H20O3/c1-7-8(2)10(4)14-13(9(7)3)12(6)19-15(14)11(5)16(17)18/h12,15H,5H2,1-4,6H3,(H,17,18). The number of carboxylic acid groups (broad SMARTS) is 1. The SMILES string of the molecule is C=C(C(=O)O)C1OC(C)c2c(C)c(C)c(C)c(C)c21. The van der Waals surface area contributed by atoms with Crippen molar-refractivity contribution in [3.8, 4) is 0 Å². The van der Waals surface area contributed by atoms with Gasteiger partial charge in [0.1, 0.15) is 6.10 Å². The van der Waals surface area contributed by atoms with Gasteiger partial charge in [0.2, 0.25) is 0 Å². The number of rotatable bonds is 2. The number of benzene rings is 1. The van der Waals surface area contributed by atoms with Crippen LogP contribution in [0.2, 0.25) is 0 Å². The summed E-state index contributed by atoms with van der Waals surface area (Å²) in [7, 11) is 0. The largest absolute Gasteiger partial charge is 0.478 e. The number of ether oxygens (including phenoxy) is 1. The number of fused-ring (bicyclic) bond motifs is 1. The second-order valence-electron chi connectivity index (χ2n) is 5.32. The maximum Gasteiger partial charge on any atom is 0.333 e. The molecule has 2 atom stereocenters. The van der Waals surface area contributed by atoms with Crippen molar-refractivity contribution in [3.05, 3.63) is 45.5 Å². The van der Waals surface area contributed by atoms with Crippen LogP contribution in [-0.4, -0.2) is 11.1 Å². The van der Waals surface area contributed by atoms with Gasteiger partial charge in [-0.2, -0.15) is 0 Å². The normalized spacial score (nSPS) is 21.3. The van der Waals surface area contributed by atoms with E-state index in [0.717, 1.165) is 16.7 Å². The Balaban J connectivity index is 2.71. The zero-order valence-electron chi connectivity index (χ0n) is 12.1. The molecule has 0 amide bonds. The van der Waals surface area contributed by atoms with E-state index in [2.05, 4.69) is 27.4 Å². The van der Waals surface area contributed by atoms with Gasteiger partial charge < -0.3 is 9.84 Å². The molecule has 0 radical (unpaired) electrons.